The Balaban J connectivity index is 1.15. The molecule has 234 valence electrons. The summed E-state index contributed by atoms with van der Waals surface area (Å²) in [6.45, 7) is 0. The average Bonchev–Trinajstić information content (AvgIpc) is 3.55. The van der Waals surface area contributed by atoms with E-state index in [1.165, 1.54) is 43.8 Å². The van der Waals surface area contributed by atoms with Crippen LogP contribution in [0.1, 0.15) is 0 Å². The molecule has 0 aliphatic heterocycles. The molecule has 0 saturated heterocycles. The summed E-state index contributed by atoms with van der Waals surface area (Å²) in [4.78, 5) is 7.08. The van der Waals surface area contributed by atoms with Gasteiger partial charge in [0.1, 0.15) is 11.2 Å². The number of benzene rings is 8. The van der Waals surface area contributed by atoms with Crippen molar-refractivity contribution >= 4 is 71.3 Å². The lowest BCUT2D eigenvalue weighted by molar-refractivity contribution is 0.669. The number of para-hydroxylation sites is 1. The molecule has 3 heteroatoms. The van der Waals surface area contributed by atoms with Crippen LogP contribution >= 0.6 is 0 Å². The Morgan fingerprint density at radius 3 is 1.78 bits per heavy atom. The predicted octanol–water partition coefficient (Wildman–Crippen LogP) is 13.2. The lowest BCUT2D eigenvalue weighted by atomic mass is 9.93. The van der Waals surface area contributed by atoms with Gasteiger partial charge >= 0.3 is 0 Å². The highest BCUT2D eigenvalue weighted by Crippen LogP contribution is 2.43. The van der Waals surface area contributed by atoms with Crippen LogP contribution in [0, 0.1) is 0 Å². The van der Waals surface area contributed by atoms with Crippen LogP contribution < -0.4 is 4.90 Å². The van der Waals surface area contributed by atoms with Crippen molar-refractivity contribution in [1.29, 1.82) is 0 Å². The molecule has 0 aliphatic carbocycles. The Kier molecular flexibility index (Phi) is 6.49. The summed E-state index contributed by atoms with van der Waals surface area (Å²) in [6.07, 6.45) is 3.91. The van der Waals surface area contributed by atoms with Crippen LogP contribution in [0.5, 0.6) is 0 Å². The van der Waals surface area contributed by atoms with Crippen LogP contribution in [-0.4, -0.2) is 4.98 Å². The molecule has 0 spiro atoms. The first kappa shape index (κ1) is 28.3. The molecular weight excluding hydrogens is 609 g/mol. The maximum Gasteiger partial charge on any atom is 0.136 e. The second-order valence-corrected chi connectivity index (χ2v) is 12.8. The topological polar surface area (TPSA) is 29.3 Å². The molecule has 0 bridgehead atoms. The van der Waals surface area contributed by atoms with Crippen molar-refractivity contribution in [1.82, 2.24) is 4.98 Å². The molecule has 0 amide bonds. The van der Waals surface area contributed by atoms with Crippen molar-refractivity contribution in [3.63, 3.8) is 0 Å². The van der Waals surface area contributed by atoms with E-state index in [4.69, 9.17) is 9.40 Å². The third-order valence-electron chi connectivity index (χ3n) is 9.91. The van der Waals surface area contributed by atoms with Gasteiger partial charge in [-0.1, -0.05) is 121 Å². The third-order valence-corrected chi connectivity index (χ3v) is 9.91. The highest BCUT2D eigenvalue weighted by molar-refractivity contribution is 6.14. The van der Waals surface area contributed by atoms with Crippen LogP contribution in [0.25, 0.3) is 76.5 Å². The van der Waals surface area contributed by atoms with Crippen molar-refractivity contribution in [2.75, 3.05) is 4.90 Å². The lowest BCUT2D eigenvalue weighted by Crippen LogP contribution is -2.11. The Morgan fingerprint density at radius 2 is 1.00 bits per heavy atom. The predicted molar refractivity (Wildman–Crippen MR) is 210 cm³/mol. The molecule has 0 atom stereocenters. The number of hydrogen-bond donors (Lipinski definition) is 0. The molecule has 8 aromatic carbocycles. The molecule has 10 rings (SSSR count). The fourth-order valence-corrected chi connectivity index (χ4v) is 7.50. The van der Waals surface area contributed by atoms with Crippen LogP contribution in [-0.2, 0) is 0 Å². The van der Waals surface area contributed by atoms with E-state index in [9.17, 15) is 0 Å². The molecule has 10 aromatic rings. The Bertz CT molecular complexity index is 2850. The summed E-state index contributed by atoms with van der Waals surface area (Å²) >= 11 is 0. The van der Waals surface area contributed by atoms with Gasteiger partial charge in [0, 0.05) is 39.1 Å². The smallest absolute Gasteiger partial charge is 0.136 e. The van der Waals surface area contributed by atoms with Gasteiger partial charge in [-0.2, -0.15) is 0 Å². The Hall–Kier alpha value is -6.71. The molecule has 0 unspecified atom stereocenters. The fourth-order valence-electron chi connectivity index (χ4n) is 7.50. The second kappa shape index (κ2) is 11.5. The zero-order valence-corrected chi connectivity index (χ0v) is 27.1. The summed E-state index contributed by atoms with van der Waals surface area (Å²) in [6, 6.07) is 60.5. The van der Waals surface area contributed by atoms with Crippen LogP contribution in [0.3, 0.4) is 0 Å². The van der Waals surface area contributed by atoms with Crippen molar-refractivity contribution in [2.24, 2.45) is 0 Å². The molecular formula is C47H30N2O. The van der Waals surface area contributed by atoms with Gasteiger partial charge in [0.25, 0.3) is 0 Å². The van der Waals surface area contributed by atoms with E-state index in [1.54, 1.807) is 0 Å². The first-order valence-electron chi connectivity index (χ1n) is 16.9. The Labute approximate surface area is 289 Å². The van der Waals surface area contributed by atoms with E-state index < -0.39 is 0 Å². The van der Waals surface area contributed by atoms with Gasteiger partial charge in [0.05, 0.1) is 11.9 Å². The zero-order valence-electron chi connectivity index (χ0n) is 27.1. The van der Waals surface area contributed by atoms with Crippen molar-refractivity contribution in [3.05, 3.63) is 182 Å². The number of pyridine rings is 1. The summed E-state index contributed by atoms with van der Waals surface area (Å²) in [5, 5.41) is 9.37. The van der Waals surface area contributed by atoms with E-state index >= 15 is 0 Å². The van der Waals surface area contributed by atoms with Crippen molar-refractivity contribution in [2.45, 2.75) is 0 Å². The fraction of sp³-hybridized carbons (Fsp3) is 0. The minimum absolute atomic E-state index is 0.865. The van der Waals surface area contributed by atoms with E-state index in [0.717, 1.165) is 49.8 Å². The SMILES string of the molecule is c1ccc(-c2ccc(N(c3ccc(-c4cc5ccccc5c5ccccc45)cc3)c3cncc4cc5c(cc34)oc3ccccc35)cc2)cc1. The van der Waals surface area contributed by atoms with E-state index in [0.29, 0.717) is 0 Å². The standard InChI is InChI=1S/C47H30N2O/c1-2-10-31(11-3-1)32-18-22-36(23-19-32)49(45-30-48-29-35-27-44-41-16-8-9-17-46(41)50-47(44)28-43(35)45)37-24-20-33(21-25-37)42-26-34-12-4-5-13-38(34)39-14-6-7-15-40(39)42/h1-30H. The average molecular weight is 639 g/mol. The second-order valence-electron chi connectivity index (χ2n) is 12.8. The molecule has 0 aliphatic rings. The summed E-state index contributed by atoms with van der Waals surface area (Å²) in [5.74, 6) is 0. The van der Waals surface area contributed by atoms with Gasteiger partial charge in [-0.3, -0.25) is 4.98 Å². The molecule has 2 aromatic heterocycles. The van der Waals surface area contributed by atoms with E-state index in [1.807, 2.05) is 24.5 Å². The molecule has 2 heterocycles. The largest absolute Gasteiger partial charge is 0.456 e. The molecule has 3 nitrogen and oxygen atoms in total. The number of aromatic nitrogens is 1. The minimum Gasteiger partial charge on any atom is -0.456 e. The molecule has 0 radical (unpaired) electrons. The van der Waals surface area contributed by atoms with Gasteiger partial charge in [-0.15, -0.1) is 0 Å². The van der Waals surface area contributed by atoms with Gasteiger partial charge in [-0.05, 0) is 92.3 Å². The van der Waals surface area contributed by atoms with Gasteiger partial charge in [0.2, 0.25) is 0 Å². The normalized spacial score (nSPS) is 11.6. The highest BCUT2D eigenvalue weighted by atomic mass is 16.3. The Morgan fingerprint density at radius 1 is 0.380 bits per heavy atom. The lowest BCUT2D eigenvalue weighted by Gasteiger charge is -2.27. The highest BCUT2D eigenvalue weighted by Gasteiger charge is 2.19. The monoisotopic (exact) mass is 638 g/mol. The summed E-state index contributed by atoms with van der Waals surface area (Å²) in [7, 11) is 0. The summed E-state index contributed by atoms with van der Waals surface area (Å²) in [5.41, 5.74) is 9.60. The molecule has 50 heavy (non-hydrogen) atoms. The van der Waals surface area contributed by atoms with Gasteiger partial charge in [0.15, 0.2) is 0 Å². The number of fused-ring (bicyclic) bond motifs is 7. The zero-order chi connectivity index (χ0) is 33.0. The number of rotatable bonds is 5. The first-order valence-corrected chi connectivity index (χ1v) is 16.9. The summed E-state index contributed by atoms with van der Waals surface area (Å²) < 4.78 is 6.36. The van der Waals surface area contributed by atoms with E-state index in [-0.39, 0.29) is 0 Å². The van der Waals surface area contributed by atoms with Crippen molar-refractivity contribution in [3.8, 4) is 22.3 Å². The number of furan rings is 1. The van der Waals surface area contributed by atoms with Gasteiger partial charge < -0.3 is 9.32 Å². The molecule has 0 saturated carbocycles. The number of anilines is 3. The third kappa shape index (κ3) is 4.63. The maximum absolute atomic E-state index is 6.36. The van der Waals surface area contributed by atoms with Crippen LogP contribution in [0.15, 0.2) is 187 Å². The quantitative estimate of drug-likeness (QED) is 0.176. The first-order chi connectivity index (χ1) is 24.8. The van der Waals surface area contributed by atoms with Gasteiger partial charge in [-0.25, -0.2) is 0 Å². The molecule has 0 fully saturated rings. The maximum atomic E-state index is 6.36. The molecule has 0 N–H and O–H groups in total. The van der Waals surface area contributed by atoms with Crippen molar-refractivity contribution < 1.29 is 4.42 Å². The number of nitrogens with zero attached hydrogens (tertiary/aromatic N) is 2. The van der Waals surface area contributed by atoms with Crippen LogP contribution in [0.4, 0.5) is 17.1 Å². The van der Waals surface area contributed by atoms with Crippen LogP contribution in [0.2, 0.25) is 0 Å². The minimum atomic E-state index is 0.865. The number of hydrogen-bond acceptors (Lipinski definition) is 3. The van der Waals surface area contributed by atoms with E-state index in [2.05, 4.69) is 163 Å².